The Balaban J connectivity index is 1.99. The molecule has 0 amide bonds. The van der Waals surface area contributed by atoms with Crippen LogP contribution in [-0.4, -0.2) is 27.3 Å². The highest BCUT2D eigenvalue weighted by Gasteiger charge is 2.22. The van der Waals surface area contributed by atoms with Crippen LogP contribution in [0.5, 0.6) is 0 Å². The summed E-state index contributed by atoms with van der Waals surface area (Å²) in [5, 5.41) is 15.9. The molecule has 0 radical (unpaired) electrons. The summed E-state index contributed by atoms with van der Waals surface area (Å²) in [6, 6.07) is 17.0. The highest BCUT2D eigenvalue weighted by atomic mass is 32.1. The third-order valence-electron chi connectivity index (χ3n) is 4.07. The van der Waals surface area contributed by atoms with E-state index in [9.17, 15) is 4.79 Å². The van der Waals surface area contributed by atoms with Gasteiger partial charge in [-0.15, -0.1) is 11.3 Å². The number of rotatable bonds is 4. The third kappa shape index (κ3) is 3.07. The van der Waals surface area contributed by atoms with E-state index in [1.807, 2.05) is 60.8 Å². The Bertz CT molecular complexity index is 1160. The van der Waals surface area contributed by atoms with E-state index in [4.69, 9.17) is 15.0 Å². The molecule has 7 heteroatoms. The number of esters is 1. The van der Waals surface area contributed by atoms with Crippen molar-refractivity contribution in [1.82, 2.24) is 14.8 Å². The molecule has 0 bridgehead atoms. The number of pyridine rings is 1. The van der Waals surface area contributed by atoms with Gasteiger partial charge in [-0.1, -0.05) is 24.3 Å². The summed E-state index contributed by atoms with van der Waals surface area (Å²) in [5.41, 5.74) is 3.12. The summed E-state index contributed by atoms with van der Waals surface area (Å²) in [6.07, 6.45) is 0. The minimum Gasteiger partial charge on any atom is -0.447 e. The molecule has 4 aromatic rings. The Morgan fingerprint density at radius 1 is 1.26 bits per heavy atom. The lowest BCUT2D eigenvalue weighted by molar-refractivity contribution is 0.0557. The predicted molar refractivity (Wildman–Crippen MR) is 103 cm³/mol. The average molecular weight is 374 g/mol. The lowest BCUT2D eigenvalue weighted by Gasteiger charge is -2.07. The fraction of sp³-hybridized carbons (Fsp3) is 0.100. The molecule has 0 aliphatic carbocycles. The number of ether oxygens (including phenoxy) is 1. The van der Waals surface area contributed by atoms with Crippen molar-refractivity contribution in [3.8, 4) is 22.3 Å². The summed E-state index contributed by atoms with van der Waals surface area (Å²) in [4.78, 5) is 18.3. The smallest absolute Gasteiger partial charge is 0.340 e. The van der Waals surface area contributed by atoms with Crippen molar-refractivity contribution >= 4 is 28.3 Å². The number of carbonyl (C=O) groups is 1. The summed E-state index contributed by atoms with van der Waals surface area (Å²) >= 11 is 1.53. The molecule has 0 N–H and O–H groups in total. The van der Waals surface area contributed by atoms with Gasteiger partial charge in [0, 0.05) is 0 Å². The summed E-state index contributed by atoms with van der Waals surface area (Å²) in [5.74, 6) is -0.558. The van der Waals surface area contributed by atoms with Crippen LogP contribution in [0.1, 0.15) is 16.1 Å². The molecule has 0 unspecified atom stereocenters. The standard InChI is InChI=1S/C20H14N4O2S/c1-13-18-15(20(25)26-10-9-21)12-16(17-8-5-11-27-17)22-19(18)24(23-13)14-6-3-2-4-7-14/h2-8,11-12H,10H2,1H3. The van der Waals surface area contributed by atoms with Crippen molar-refractivity contribution in [2.75, 3.05) is 6.61 Å². The topological polar surface area (TPSA) is 80.8 Å². The van der Waals surface area contributed by atoms with Crippen molar-refractivity contribution in [1.29, 1.82) is 5.26 Å². The molecular weight excluding hydrogens is 360 g/mol. The second-order valence-corrected chi connectivity index (χ2v) is 6.75. The molecule has 0 saturated carbocycles. The van der Waals surface area contributed by atoms with Gasteiger partial charge in [0.2, 0.25) is 0 Å². The Morgan fingerprint density at radius 2 is 2.07 bits per heavy atom. The minimum absolute atomic E-state index is 0.303. The molecule has 0 aliphatic heterocycles. The van der Waals surface area contributed by atoms with E-state index in [-0.39, 0.29) is 6.61 Å². The third-order valence-corrected chi connectivity index (χ3v) is 4.97. The molecular formula is C20H14N4O2S. The quantitative estimate of drug-likeness (QED) is 0.502. The maximum absolute atomic E-state index is 12.6. The zero-order chi connectivity index (χ0) is 18.8. The second kappa shape index (κ2) is 7.02. The van der Waals surface area contributed by atoms with E-state index in [1.165, 1.54) is 11.3 Å². The van der Waals surface area contributed by atoms with Crippen molar-refractivity contribution in [3.63, 3.8) is 0 Å². The number of carbonyl (C=O) groups excluding carboxylic acids is 1. The fourth-order valence-corrected chi connectivity index (χ4v) is 3.61. The van der Waals surface area contributed by atoms with Crippen molar-refractivity contribution in [3.05, 3.63) is 65.2 Å². The highest BCUT2D eigenvalue weighted by Crippen LogP contribution is 2.31. The van der Waals surface area contributed by atoms with Crippen LogP contribution in [0.25, 0.3) is 27.3 Å². The van der Waals surface area contributed by atoms with Crippen molar-refractivity contribution < 1.29 is 9.53 Å². The Morgan fingerprint density at radius 3 is 2.78 bits per heavy atom. The number of nitrogens with zero attached hydrogens (tertiary/aromatic N) is 4. The summed E-state index contributed by atoms with van der Waals surface area (Å²) < 4.78 is 6.79. The first-order valence-corrected chi connectivity index (χ1v) is 9.10. The molecule has 0 saturated heterocycles. The number of hydrogen-bond acceptors (Lipinski definition) is 6. The van der Waals surface area contributed by atoms with Crippen LogP contribution in [-0.2, 0) is 4.74 Å². The zero-order valence-corrected chi connectivity index (χ0v) is 15.2. The van der Waals surface area contributed by atoms with Crippen LogP contribution >= 0.6 is 11.3 Å². The minimum atomic E-state index is -0.558. The van der Waals surface area contributed by atoms with E-state index >= 15 is 0 Å². The van der Waals surface area contributed by atoms with Gasteiger partial charge >= 0.3 is 5.97 Å². The molecule has 0 atom stereocenters. The van der Waals surface area contributed by atoms with E-state index in [1.54, 1.807) is 10.7 Å². The van der Waals surface area contributed by atoms with Gasteiger partial charge in [-0.3, -0.25) is 0 Å². The SMILES string of the molecule is Cc1nn(-c2ccccc2)c2nc(-c3cccs3)cc(C(=O)OCC#N)c12. The Kier molecular flexibility index (Phi) is 4.40. The average Bonchev–Trinajstić information content (AvgIpc) is 3.35. The first-order valence-electron chi connectivity index (χ1n) is 8.23. The number of thiophene rings is 1. The number of hydrogen-bond donors (Lipinski definition) is 0. The monoisotopic (exact) mass is 374 g/mol. The van der Waals surface area contributed by atoms with Crippen LogP contribution < -0.4 is 0 Å². The molecule has 3 heterocycles. The molecule has 132 valence electrons. The lowest BCUT2D eigenvalue weighted by Crippen LogP contribution is -2.07. The number of nitriles is 1. The van der Waals surface area contributed by atoms with Gasteiger partial charge in [0.1, 0.15) is 6.07 Å². The Labute approximate surface area is 159 Å². The maximum atomic E-state index is 12.6. The zero-order valence-electron chi connectivity index (χ0n) is 14.4. The van der Waals surface area contributed by atoms with Crippen LogP contribution in [0.3, 0.4) is 0 Å². The van der Waals surface area contributed by atoms with Gasteiger partial charge in [0.05, 0.1) is 32.9 Å². The largest absolute Gasteiger partial charge is 0.447 e. The van der Waals surface area contributed by atoms with Crippen LogP contribution in [0.4, 0.5) is 0 Å². The molecule has 0 spiro atoms. The lowest BCUT2D eigenvalue weighted by atomic mass is 10.1. The first-order chi connectivity index (χ1) is 13.2. The maximum Gasteiger partial charge on any atom is 0.340 e. The van der Waals surface area contributed by atoms with Gasteiger partial charge in [-0.2, -0.15) is 10.4 Å². The number of aryl methyl sites for hydroxylation is 1. The van der Waals surface area contributed by atoms with Crippen molar-refractivity contribution in [2.24, 2.45) is 0 Å². The predicted octanol–water partition coefficient (Wildman–Crippen LogP) is 4.14. The van der Waals surface area contributed by atoms with Gasteiger partial charge in [0.15, 0.2) is 12.3 Å². The van der Waals surface area contributed by atoms with Gasteiger partial charge in [-0.05, 0) is 36.6 Å². The molecule has 1 aromatic carbocycles. The number of benzene rings is 1. The Hall–Kier alpha value is -3.50. The molecule has 4 rings (SSSR count). The number of aromatic nitrogens is 3. The van der Waals surface area contributed by atoms with Gasteiger partial charge < -0.3 is 4.74 Å². The van der Waals surface area contributed by atoms with Gasteiger partial charge in [-0.25, -0.2) is 14.5 Å². The number of fused-ring (bicyclic) bond motifs is 1. The highest BCUT2D eigenvalue weighted by molar-refractivity contribution is 7.13. The van der Waals surface area contributed by atoms with Crippen molar-refractivity contribution in [2.45, 2.75) is 6.92 Å². The summed E-state index contributed by atoms with van der Waals surface area (Å²) in [6.45, 7) is 1.53. The van der Waals surface area contributed by atoms with E-state index in [0.717, 1.165) is 10.6 Å². The number of para-hydroxylation sites is 1. The van der Waals surface area contributed by atoms with E-state index in [2.05, 4.69) is 5.10 Å². The normalized spacial score (nSPS) is 10.7. The first kappa shape index (κ1) is 16.9. The second-order valence-electron chi connectivity index (χ2n) is 5.80. The van der Waals surface area contributed by atoms with Crippen LogP contribution in [0.15, 0.2) is 53.9 Å². The molecule has 0 aliphatic rings. The molecule has 0 fully saturated rings. The molecule has 3 aromatic heterocycles. The van der Waals surface area contributed by atoms with E-state index in [0.29, 0.717) is 28.0 Å². The molecule has 27 heavy (non-hydrogen) atoms. The summed E-state index contributed by atoms with van der Waals surface area (Å²) in [7, 11) is 0. The molecule has 6 nitrogen and oxygen atoms in total. The van der Waals surface area contributed by atoms with Crippen LogP contribution in [0, 0.1) is 18.3 Å². The fourth-order valence-electron chi connectivity index (χ4n) is 2.93. The van der Waals surface area contributed by atoms with Gasteiger partial charge in [0.25, 0.3) is 0 Å². The van der Waals surface area contributed by atoms with Crippen LogP contribution in [0.2, 0.25) is 0 Å². The van der Waals surface area contributed by atoms with E-state index < -0.39 is 5.97 Å².